The lowest BCUT2D eigenvalue weighted by atomic mass is 10.2. The molecule has 0 aliphatic heterocycles. The highest BCUT2D eigenvalue weighted by Crippen LogP contribution is 2.32. The molecule has 0 radical (unpaired) electrons. The molecular weight excluding hydrogens is 330 g/mol. The molecule has 126 valence electrons. The molecule has 0 bridgehead atoms. The summed E-state index contributed by atoms with van der Waals surface area (Å²) >= 11 is 5.85. The third-order valence-corrected chi connectivity index (χ3v) is 3.83. The molecule has 7 heteroatoms. The van der Waals surface area contributed by atoms with Crippen molar-refractivity contribution in [2.45, 2.75) is 13.8 Å². The van der Waals surface area contributed by atoms with Crippen molar-refractivity contribution >= 4 is 34.9 Å². The van der Waals surface area contributed by atoms with Gasteiger partial charge in [0.25, 0.3) is 0 Å². The van der Waals surface area contributed by atoms with Crippen molar-refractivity contribution in [2.24, 2.45) is 4.99 Å². The molecule has 2 aromatic carbocycles. The van der Waals surface area contributed by atoms with Gasteiger partial charge in [-0.1, -0.05) is 11.6 Å². The molecule has 2 rings (SSSR count). The van der Waals surface area contributed by atoms with Crippen molar-refractivity contribution < 1.29 is 10.0 Å². The van der Waals surface area contributed by atoms with Gasteiger partial charge in [-0.05, 0) is 44.2 Å². The van der Waals surface area contributed by atoms with Gasteiger partial charge in [-0.2, -0.15) is 0 Å². The first kappa shape index (κ1) is 17.7. The second kappa shape index (κ2) is 7.79. The van der Waals surface area contributed by atoms with Crippen LogP contribution < -0.4 is 4.90 Å². The van der Waals surface area contributed by atoms with E-state index in [2.05, 4.69) is 23.7 Å². The Kier molecular flexibility index (Phi) is 5.76. The molecule has 1 N–H and O–H groups in total. The van der Waals surface area contributed by atoms with Crippen LogP contribution in [-0.4, -0.2) is 29.3 Å². The van der Waals surface area contributed by atoms with Gasteiger partial charge < -0.3 is 10.0 Å². The molecule has 0 saturated carbocycles. The Hall–Kier alpha value is -2.60. The lowest BCUT2D eigenvalue weighted by molar-refractivity contribution is -0.385. The van der Waals surface area contributed by atoms with E-state index in [1.807, 2.05) is 24.3 Å². The number of aliphatic imine (C=N–C) groups is 1. The zero-order chi connectivity index (χ0) is 17.7. The van der Waals surface area contributed by atoms with Crippen molar-refractivity contribution in [2.75, 3.05) is 18.0 Å². The van der Waals surface area contributed by atoms with Gasteiger partial charge in [-0.25, -0.2) is 0 Å². The summed E-state index contributed by atoms with van der Waals surface area (Å²) in [4.78, 5) is 16.7. The van der Waals surface area contributed by atoms with Crippen LogP contribution in [0, 0.1) is 10.1 Å². The van der Waals surface area contributed by atoms with Crippen LogP contribution in [0.4, 0.5) is 17.1 Å². The van der Waals surface area contributed by atoms with Gasteiger partial charge in [-0.15, -0.1) is 0 Å². The van der Waals surface area contributed by atoms with Gasteiger partial charge in [0.15, 0.2) is 0 Å². The number of nitro groups is 1. The van der Waals surface area contributed by atoms with Crippen LogP contribution in [0.1, 0.15) is 19.4 Å². The molecule has 0 aliphatic carbocycles. The van der Waals surface area contributed by atoms with E-state index in [1.54, 1.807) is 0 Å². The maximum absolute atomic E-state index is 10.9. The molecule has 6 nitrogen and oxygen atoms in total. The van der Waals surface area contributed by atoms with E-state index in [0.717, 1.165) is 24.8 Å². The first-order valence-electron chi connectivity index (χ1n) is 7.52. The summed E-state index contributed by atoms with van der Waals surface area (Å²) < 4.78 is 0. The Labute approximate surface area is 145 Å². The third-order valence-electron chi connectivity index (χ3n) is 3.61. The monoisotopic (exact) mass is 347 g/mol. The molecule has 24 heavy (non-hydrogen) atoms. The van der Waals surface area contributed by atoms with E-state index >= 15 is 0 Å². The molecule has 0 unspecified atom stereocenters. The number of phenolic OH excluding ortho intramolecular Hbond substituents is 1. The van der Waals surface area contributed by atoms with Crippen molar-refractivity contribution in [1.29, 1.82) is 0 Å². The molecular formula is C17H18ClN3O3. The number of nitro benzene ring substituents is 1. The summed E-state index contributed by atoms with van der Waals surface area (Å²) in [5.41, 5.74) is 1.52. The summed E-state index contributed by atoms with van der Waals surface area (Å²) in [5.74, 6) is -0.451. The van der Waals surface area contributed by atoms with E-state index in [4.69, 9.17) is 11.6 Å². The molecule has 0 spiro atoms. The van der Waals surface area contributed by atoms with Crippen LogP contribution in [0.25, 0.3) is 0 Å². The first-order chi connectivity index (χ1) is 11.5. The summed E-state index contributed by atoms with van der Waals surface area (Å²) in [6.45, 7) is 6.01. The van der Waals surface area contributed by atoms with Crippen molar-refractivity contribution in [3.8, 4) is 5.75 Å². The quantitative estimate of drug-likeness (QED) is 0.472. The van der Waals surface area contributed by atoms with Crippen molar-refractivity contribution in [3.63, 3.8) is 0 Å². The number of benzene rings is 2. The Bertz CT molecular complexity index is 756. The zero-order valence-corrected chi connectivity index (χ0v) is 14.2. The SMILES string of the molecule is CCN(CC)c1ccc(N=Cc2cc(Cl)cc([N+](=O)[O-])c2O)cc1. The van der Waals surface area contributed by atoms with E-state index in [1.165, 1.54) is 12.3 Å². The molecule has 0 saturated heterocycles. The zero-order valence-electron chi connectivity index (χ0n) is 13.4. The smallest absolute Gasteiger partial charge is 0.312 e. The number of halogens is 1. The average molecular weight is 348 g/mol. The third kappa shape index (κ3) is 4.02. The number of rotatable bonds is 6. The maximum atomic E-state index is 10.9. The minimum absolute atomic E-state index is 0.165. The number of nitrogens with zero attached hydrogens (tertiary/aromatic N) is 3. The largest absolute Gasteiger partial charge is 0.502 e. The molecule has 0 atom stereocenters. The van der Waals surface area contributed by atoms with Crippen LogP contribution in [0.5, 0.6) is 5.75 Å². The van der Waals surface area contributed by atoms with Gasteiger partial charge in [0, 0.05) is 41.6 Å². The van der Waals surface area contributed by atoms with Crippen LogP contribution in [0.2, 0.25) is 5.02 Å². The molecule has 0 aromatic heterocycles. The lowest BCUT2D eigenvalue weighted by Gasteiger charge is -2.20. The number of phenols is 1. The number of aromatic hydroxyl groups is 1. The van der Waals surface area contributed by atoms with Gasteiger partial charge in [-0.3, -0.25) is 15.1 Å². The Morgan fingerprint density at radius 3 is 2.42 bits per heavy atom. The van der Waals surface area contributed by atoms with E-state index in [9.17, 15) is 15.2 Å². The highest BCUT2D eigenvalue weighted by atomic mass is 35.5. The fourth-order valence-electron chi connectivity index (χ4n) is 2.33. The molecule has 0 amide bonds. The second-order valence-electron chi connectivity index (χ2n) is 5.07. The predicted molar refractivity (Wildman–Crippen MR) is 97.0 cm³/mol. The minimum atomic E-state index is -0.683. The first-order valence-corrected chi connectivity index (χ1v) is 7.90. The van der Waals surface area contributed by atoms with Crippen LogP contribution in [0.15, 0.2) is 41.4 Å². The molecule has 0 fully saturated rings. The second-order valence-corrected chi connectivity index (χ2v) is 5.50. The number of hydrogen-bond donors (Lipinski definition) is 1. The molecule has 0 aliphatic rings. The molecule has 2 aromatic rings. The Morgan fingerprint density at radius 1 is 1.25 bits per heavy atom. The number of anilines is 1. The van der Waals surface area contributed by atoms with Crippen molar-refractivity contribution in [3.05, 3.63) is 57.1 Å². The standard InChI is InChI=1S/C17H18ClN3O3/c1-3-20(4-2)15-7-5-14(6-8-15)19-11-12-9-13(18)10-16(17(12)22)21(23)24/h5-11,22H,3-4H2,1-2H3. The van der Waals surface area contributed by atoms with Gasteiger partial charge in [0.2, 0.25) is 5.75 Å². The van der Waals surface area contributed by atoms with Crippen LogP contribution >= 0.6 is 11.6 Å². The van der Waals surface area contributed by atoms with Gasteiger partial charge in [0.05, 0.1) is 10.6 Å². The summed E-state index contributed by atoms with van der Waals surface area (Å²) in [7, 11) is 0. The van der Waals surface area contributed by atoms with E-state index in [-0.39, 0.29) is 10.6 Å². The van der Waals surface area contributed by atoms with Crippen LogP contribution in [0.3, 0.4) is 0 Å². The lowest BCUT2D eigenvalue weighted by Crippen LogP contribution is -2.21. The van der Waals surface area contributed by atoms with E-state index in [0.29, 0.717) is 5.69 Å². The fraction of sp³-hybridized carbons (Fsp3) is 0.235. The summed E-state index contributed by atoms with van der Waals surface area (Å²) in [5, 5.41) is 21.0. The van der Waals surface area contributed by atoms with Gasteiger partial charge >= 0.3 is 5.69 Å². The van der Waals surface area contributed by atoms with E-state index < -0.39 is 16.4 Å². The van der Waals surface area contributed by atoms with Crippen molar-refractivity contribution in [1.82, 2.24) is 0 Å². The normalized spacial score (nSPS) is 11.0. The van der Waals surface area contributed by atoms with Crippen LogP contribution in [-0.2, 0) is 0 Å². The highest BCUT2D eigenvalue weighted by molar-refractivity contribution is 6.31. The Balaban J connectivity index is 2.27. The summed E-state index contributed by atoms with van der Waals surface area (Å²) in [6.07, 6.45) is 1.36. The minimum Gasteiger partial charge on any atom is -0.502 e. The number of hydrogen-bond acceptors (Lipinski definition) is 5. The summed E-state index contributed by atoms with van der Waals surface area (Å²) in [6, 6.07) is 10.1. The Morgan fingerprint density at radius 2 is 1.88 bits per heavy atom. The molecule has 0 heterocycles. The topological polar surface area (TPSA) is 79.0 Å². The predicted octanol–water partition coefficient (Wildman–Crippen LogP) is 4.55. The fourth-order valence-corrected chi connectivity index (χ4v) is 2.55. The van der Waals surface area contributed by atoms with Gasteiger partial charge in [0.1, 0.15) is 0 Å². The average Bonchev–Trinajstić information content (AvgIpc) is 2.57. The highest BCUT2D eigenvalue weighted by Gasteiger charge is 2.17. The maximum Gasteiger partial charge on any atom is 0.312 e.